The summed E-state index contributed by atoms with van der Waals surface area (Å²) in [5.74, 6) is -0.692. The summed E-state index contributed by atoms with van der Waals surface area (Å²) in [6, 6.07) is 3.85. The van der Waals surface area contributed by atoms with Crippen molar-refractivity contribution < 1.29 is 18.0 Å². The van der Waals surface area contributed by atoms with Gasteiger partial charge in [-0.1, -0.05) is 12.1 Å². The minimum atomic E-state index is -4.50. The molecular weight excluding hydrogens is 281 g/mol. The average Bonchev–Trinajstić information content (AvgIpc) is 2.75. The normalized spacial score (nSPS) is 25.1. The fraction of sp³-hybridized carbons (Fsp3) is 0.417. The van der Waals surface area contributed by atoms with Gasteiger partial charge in [0.25, 0.3) is 5.91 Å². The average molecular weight is 293 g/mol. The summed E-state index contributed by atoms with van der Waals surface area (Å²) in [4.78, 5) is 11.9. The first-order chi connectivity index (χ1) is 8.48. The molecule has 19 heavy (non-hydrogen) atoms. The molecule has 1 saturated heterocycles. The molecule has 2 atom stereocenters. The third-order valence-corrected chi connectivity index (χ3v) is 3.56. The third kappa shape index (κ3) is 2.19. The first-order valence-electron chi connectivity index (χ1n) is 5.70. The van der Waals surface area contributed by atoms with E-state index in [-0.39, 0.29) is 29.9 Å². The van der Waals surface area contributed by atoms with E-state index in [2.05, 4.69) is 10.6 Å². The van der Waals surface area contributed by atoms with E-state index in [1.165, 1.54) is 6.07 Å². The number of carbonyl (C=O) groups is 1. The minimum Gasteiger partial charge on any atom is -0.347 e. The molecule has 1 amide bonds. The van der Waals surface area contributed by atoms with Crippen molar-refractivity contribution >= 4 is 18.3 Å². The van der Waals surface area contributed by atoms with Gasteiger partial charge < -0.3 is 10.6 Å². The van der Waals surface area contributed by atoms with Gasteiger partial charge >= 0.3 is 6.18 Å². The number of hydrogen-bond donors (Lipinski definition) is 2. The SMILES string of the molecule is Cl.O=C1N[C@@H]2CNC[C@@H]2c2cccc(C(F)(F)F)c21. The monoisotopic (exact) mass is 292 g/mol. The molecule has 1 aromatic rings. The Hall–Kier alpha value is -1.27. The molecule has 0 spiro atoms. The molecule has 2 heterocycles. The zero-order valence-corrected chi connectivity index (χ0v) is 10.6. The second kappa shape index (κ2) is 4.68. The predicted octanol–water partition coefficient (Wildman–Crippen LogP) is 1.93. The van der Waals surface area contributed by atoms with E-state index < -0.39 is 17.6 Å². The van der Waals surface area contributed by atoms with Gasteiger partial charge in [0.1, 0.15) is 0 Å². The summed E-state index contributed by atoms with van der Waals surface area (Å²) in [5, 5.41) is 5.73. The topological polar surface area (TPSA) is 41.1 Å². The lowest BCUT2D eigenvalue weighted by Gasteiger charge is -2.29. The van der Waals surface area contributed by atoms with Crippen LogP contribution < -0.4 is 10.6 Å². The molecule has 104 valence electrons. The molecule has 0 unspecified atom stereocenters. The molecule has 1 fully saturated rings. The molecule has 0 aromatic heterocycles. The van der Waals surface area contributed by atoms with Gasteiger partial charge in [-0.25, -0.2) is 0 Å². The zero-order valence-electron chi connectivity index (χ0n) is 9.75. The number of benzene rings is 1. The van der Waals surface area contributed by atoms with E-state index in [0.29, 0.717) is 18.7 Å². The lowest BCUT2D eigenvalue weighted by Crippen LogP contribution is -2.45. The van der Waals surface area contributed by atoms with Crippen molar-refractivity contribution in [3.05, 3.63) is 34.9 Å². The van der Waals surface area contributed by atoms with Gasteiger partial charge in [0.2, 0.25) is 0 Å². The van der Waals surface area contributed by atoms with Crippen LogP contribution >= 0.6 is 12.4 Å². The van der Waals surface area contributed by atoms with Crippen LogP contribution in [0.5, 0.6) is 0 Å². The van der Waals surface area contributed by atoms with Crippen LogP contribution in [0, 0.1) is 0 Å². The molecular formula is C12H12ClF3N2O. The fourth-order valence-corrected chi connectivity index (χ4v) is 2.77. The van der Waals surface area contributed by atoms with Crippen molar-refractivity contribution in [2.45, 2.75) is 18.1 Å². The second-order valence-electron chi connectivity index (χ2n) is 4.61. The highest BCUT2D eigenvalue weighted by Crippen LogP contribution is 2.38. The Balaban J connectivity index is 0.00000133. The molecule has 7 heteroatoms. The Kier molecular flexibility index (Phi) is 3.49. The number of carbonyl (C=O) groups excluding carboxylic acids is 1. The number of alkyl halides is 3. The summed E-state index contributed by atoms with van der Waals surface area (Å²) in [6.45, 7) is 1.20. The summed E-state index contributed by atoms with van der Waals surface area (Å²) in [7, 11) is 0. The summed E-state index contributed by atoms with van der Waals surface area (Å²) in [5.41, 5.74) is -0.554. The van der Waals surface area contributed by atoms with Crippen molar-refractivity contribution in [2.24, 2.45) is 0 Å². The second-order valence-corrected chi connectivity index (χ2v) is 4.61. The minimum absolute atomic E-state index is 0. The first kappa shape index (κ1) is 14.1. The van der Waals surface area contributed by atoms with Gasteiger partial charge in [0, 0.05) is 25.0 Å². The molecule has 0 aliphatic carbocycles. The lowest BCUT2D eigenvalue weighted by atomic mass is 9.84. The van der Waals surface area contributed by atoms with Crippen LogP contribution in [0.2, 0.25) is 0 Å². The van der Waals surface area contributed by atoms with Crippen LogP contribution in [-0.2, 0) is 6.18 Å². The Morgan fingerprint density at radius 1 is 1.21 bits per heavy atom. The molecule has 2 aliphatic rings. The van der Waals surface area contributed by atoms with E-state index in [4.69, 9.17) is 0 Å². The summed E-state index contributed by atoms with van der Waals surface area (Å²) < 4.78 is 38.7. The van der Waals surface area contributed by atoms with Gasteiger partial charge in [-0.15, -0.1) is 12.4 Å². The standard InChI is InChI=1S/C12H11F3N2O.ClH/c13-12(14,15)8-3-1-2-6-7-4-16-5-9(7)17-11(18)10(6)8;/h1-3,7,9,16H,4-5H2,(H,17,18);1H/t7-,9-;/m1./s1. The molecule has 2 N–H and O–H groups in total. The van der Waals surface area contributed by atoms with Gasteiger partial charge in [0.05, 0.1) is 11.1 Å². The number of fused-ring (bicyclic) bond motifs is 3. The Morgan fingerprint density at radius 2 is 1.95 bits per heavy atom. The van der Waals surface area contributed by atoms with Crippen LogP contribution in [0.15, 0.2) is 18.2 Å². The Bertz CT molecular complexity index is 518. The van der Waals surface area contributed by atoms with E-state index >= 15 is 0 Å². The van der Waals surface area contributed by atoms with Gasteiger partial charge in [-0.05, 0) is 11.6 Å². The van der Waals surface area contributed by atoms with E-state index in [1.54, 1.807) is 6.07 Å². The highest BCUT2D eigenvalue weighted by molar-refractivity contribution is 5.99. The number of amides is 1. The summed E-state index contributed by atoms with van der Waals surface area (Å²) in [6.07, 6.45) is -4.50. The first-order valence-corrected chi connectivity index (χ1v) is 5.70. The maximum Gasteiger partial charge on any atom is 0.417 e. The quantitative estimate of drug-likeness (QED) is 0.767. The zero-order chi connectivity index (χ0) is 12.9. The van der Waals surface area contributed by atoms with Gasteiger partial charge in [0.15, 0.2) is 0 Å². The Morgan fingerprint density at radius 3 is 2.63 bits per heavy atom. The molecule has 3 nitrogen and oxygen atoms in total. The van der Waals surface area contributed by atoms with Gasteiger partial charge in [-0.2, -0.15) is 13.2 Å². The largest absolute Gasteiger partial charge is 0.417 e. The van der Waals surface area contributed by atoms with Crippen molar-refractivity contribution in [1.29, 1.82) is 0 Å². The van der Waals surface area contributed by atoms with E-state index in [9.17, 15) is 18.0 Å². The van der Waals surface area contributed by atoms with Crippen molar-refractivity contribution in [3.8, 4) is 0 Å². The molecule has 1 aromatic carbocycles. The predicted molar refractivity (Wildman–Crippen MR) is 65.6 cm³/mol. The van der Waals surface area contributed by atoms with Crippen LogP contribution in [0.3, 0.4) is 0 Å². The van der Waals surface area contributed by atoms with Crippen LogP contribution in [0.4, 0.5) is 13.2 Å². The van der Waals surface area contributed by atoms with Gasteiger partial charge in [-0.3, -0.25) is 4.79 Å². The van der Waals surface area contributed by atoms with E-state index in [1.807, 2.05) is 0 Å². The number of rotatable bonds is 0. The maximum absolute atomic E-state index is 12.9. The number of hydrogen-bond acceptors (Lipinski definition) is 2. The third-order valence-electron chi connectivity index (χ3n) is 3.56. The maximum atomic E-state index is 12.9. The van der Waals surface area contributed by atoms with Crippen LogP contribution in [0.25, 0.3) is 0 Å². The van der Waals surface area contributed by atoms with E-state index in [0.717, 1.165) is 6.07 Å². The highest BCUT2D eigenvalue weighted by atomic mass is 35.5. The lowest BCUT2D eigenvalue weighted by molar-refractivity contribution is -0.138. The highest BCUT2D eigenvalue weighted by Gasteiger charge is 2.43. The molecule has 0 saturated carbocycles. The van der Waals surface area contributed by atoms with Crippen molar-refractivity contribution in [2.75, 3.05) is 13.1 Å². The number of halogens is 4. The van der Waals surface area contributed by atoms with Crippen molar-refractivity contribution in [3.63, 3.8) is 0 Å². The fourth-order valence-electron chi connectivity index (χ4n) is 2.77. The molecule has 0 radical (unpaired) electrons. The molecule has 3 rings (SSSR count). The van der Waals surface area contributed by atoms with Crippen LogP contribution in [-0.4, -0.2) is 25.0 Å². The van der Waals surface area contributed by atoms with Crippen molar-refractivity contribution in [1.82, 2.24) is 10.6 Å². The molecule has 0 bridgehead atoms. The number of nitrogens with one attached hydrogen (secondary N) is 2. The van der Waals surface area contributed by atoms with Crippen LogP contribution in [0.1, 0.15) is 27.4 Å². The summed E-state index contributed by atoms with van der Waals surface area (Å²) >= 11 is 0. The Labute approximate surface area is 114 Å². The molecule has 2 aliphatic heterocycles. The smallest absolute Gasteiger partial charge is 0.347 e.